The molecule has 0 saturated carbocycles. The van der Waals surface area contributed by atoms with Crippen molar-refractivity contribution >= 4 is 17.5 Å². The number of benzene rings is 2. The molecule has 1 N–H and O–H groups in total. The number of nitrogens with one attached hydrogen (secondary N) is 1. The summed E-state index contributed by atoms with van der Waals surface area (Å²) in [7, 11) is 1.61. The lowest BCUT2D eigenvalue weighted by Gasteiger charge is -2.41. The standard InChI is InChI=1S/C24H27N3O3/c1-3-4-15-27-22(28)14-13-21(23(27)18-7-11-20(30-2)12-8-18)24(29)26-19-9-5-17(16-25)6-10-19/h5-12,21,23H,3-4,13-15H2,1-2H3,(H,26,29)/t21-,23-/m0/s1. The number of rotatable bonds is 7. The fourth-order valence-electron chi connectivity index (χ4n) is 3.90. The summed E-state index contributed by atoms with van der Waals surface area (Å²) in [4.78, 5) is 27.8. The molecule has 2 atom stereocenters. The maximum atomic E-state index is 13.2. The van der Waals surface area contributed by atoms with Crippen LogP contribution in [0.25, 0.3) is 0 Å². The molecule has 0 spiro atoms. The van der Waals surface area contributed by atoms with Gasteiger partial charge in [0, 0.05) is 18.7 Å². The minimum atomic E-state index is -0.358. The lowest BCUT2D eigenvalue weighted by Crippen LogP contribution is -2.47. The first-order valence-corrected chi connectivity index (χ1v) is 10.3. The van der Waals surface area contributed by atoms with Gasteiger partial charge in [0.05, 0.1) is 30.7 Å². The third-order valence-electron chi connectivity index (χ3n) is 5.53. The predicted molar refractivity (Wildman–Crippen MR) is 115 cm³/mol. The molecule has 0 unspecified atom stereocenters. The molecule has 2 aromatic carbocycles. The number of methoxy groups -OCH3 is 1. The number of nitrogens with zero attached hydrogens (tertiary/aromatic N) is 2. The zero-order chi connectivity index (χ0) is 21.5. The molecule has 0 aromatic heterocycles. The Morgan fingerprint density at radius 2 is 1.90 bits per heavy atom. The van der Waals surface area contributed by atoms with Gasteiger partial charge in [0.2, 0.25) is 11.8 Å². The number of ether oxygens (including phenoxy) is 1. The first-order chi connectivity index (χ1) is 14.6. The molecular weight excluding hydrogens is 378 g/mol. The Kier molecular flexibility index (Phi) is 7.08. The van der Waals surface area contributed by atoms with Crippen LogP contribution in [-0.4, -0.2) is 30.4 Å². The number of carbonyl (C=O) groups is 2. The van der Waals surface area contributed by atoms with E-state index in [2.05, 4.69) is 18.3 Å². The molecule has 0 bridgehead atoms. The Bertz CT molecular complexity index is 916. The largest absolute Gasteiger partial charge is 0.497 e. The van der Waals surface area contributed by atoms with Gasteiger partial charge in [0.25, 0.3) is 0 Å². The lowest BCUT2D eigenvalue weighted by atomic mass is 9.83. The molecule has 156 valence electrons. The van der Waals surface area contributed by atoms with Crippen molar-refractivity contribution in [1.82, 2.24) is 4.90 Å². The molecule has 6 nitrogen and oxygen atoms in total. The van der Waals surface area contributed by atoms with Crippen LogP contribution in [-0.2, 0) is 9.59 Å². The van der Waals surface area contributed by atoms with Gasteiger partial charge in [-0.1, -0.05) is 25.5 Å². The minimum absolute atomic E-state index is 0.0895. The van der Waals surface area contributed by atoms with Crippen LogP contribution >= 0.6 is 0 Å². The zero-order valence-corrected chi connectivity index (χ0v) is 17.4. The van der Waals surface area contributed by atoms with Crippen molar-refractivity contribution in [3.63, 3.8) is 0 Å². The first-order valence-electron chi connectivity index (χ1n) is 10.3. The highest BCUT2D eigenvalue weighted by molar-refractivity contribution is 5.94. The number of amides is 2. The summed E-state index contributed by atoms with van der Waals surface area (Å²) >= 11 is 0. The number of hydrogen-bond acceptors (Lipinski definition) is 4. The second-order valence-corrected chi connectivity index (χ2v) is 7.48. The van der Waals surface area contributed by atoms with Gasteiger partial charge in [0.1, 0.15) is 5.75 Å². The molecule has 2 amide bonds. The van der Waals surface area contributed by atoms with Gasteiger partial charge in [-0.3, -0.25) is 9.59 Å². The summed E-state index contributed by atoms with van der Waals surface area (Å²) in [6, 6.07) is 16.1. The number of carbonyl (C=O) groups excluding carboxylic acids is 2. The van der Waals surface area contributed by atoms with Crippen LogP contribution in [0.1, 0.15) is 49.8 Å². The highest BCUT2D eigenvalue weighted by Crippen LogP contribution is 2.38. The molecule has 1 saturated heterocycles. The average molecular weight is 405 g/mol. The van der Waals surface area contributed by atoms with Crippen LogP contribution in [0.2, 0.25) is 0 Å². The SMILES string of the molecule is CCCCN1C(=O)CC[C@H](C(=O)Nc2ccc(C#N)cc2)[C@@H]1c1ccc(OC)cc1. The van der Waals surface area contributed by atoms with E-state index < -0.39 is 0 Å². The van der Waals surface area contributed by atoms with Gasteiger partial charge in [0.15, 0.2) is 0 Å². The second kappa shape index (κ2) is 9.93. The van der Waals surface area contributed by atoms with Crippen molar-refractivity contribution in [3.8, 4) is 11.8 Å². The summed E-state index contributed by atoms with van der Waals surface area (Å²) in [6.45, 7) is 2.72. The Hall–Kier alpha value is -3.33. The van der Waals surface area contributed by atoms with Crippen molar-refractivity contribution in [1.29, 1.82) is 5.26 Å². The van der Waals surface area contributed by atoms with E-state index in [9.17, 15) is 9.59 Å². The van der Waals surface area contributed by atoms with E-state index in [1.54, 1.807) is 31.4 Å². The van der Waals surface area contributed by atoms with Crippen molar-refractivity contribution in [2.24, 2.45) is 5.92 Å². The van der Waals surface area contributed by atoms with E-state index >= 15 is 0 Å². The van der Waals surface area contributed by atoms with E-state index in [4.69, 9.17) is 10.00 Å². The Labute approximate surface area is 177 Å². The summed E-state index contributed by atoms with van der Waals surface area (Å²) in [5, 5.41) is 11.9. The van der Waals surface area contributed by atoms with E-state index in [0.29, 0.717) is 30.6 Å². The number of unbranched alkanes of at least 4 members (excludes halogenated alkanes) is 1. The number of hydrogen-bond donors (Lipinski definition) is 1. The van der Waals surface area contributed by atoms with Crippen molar-refractivity contribution in [2.45, 2.75) is 38.6 Å². The van der Waals surface area contributed by atoms with Crippen molar-refractivity contribution < 1.29 is 14.3 Å². The molecule has 0 aliphatic carbocycles. The van der Waals surface area contributed by atoms with Gasteiger partial charge >= 0.3 is 0 Å². The molecule has 6 heteroatoms. The molecule has 1 fully saturated rings. The zero-order valence-electron chi connectivity index (χ0n) is 17.4. The molecule has 1 aliphatic rings. The second-order valence-electron chi connectivity index (χ2n) is 7.48. The summed E-state index contributed by atoms with van der Waals surface area (Å²) in [6.07, 6.45) is 2.73. The smallest absolute Gasteiger partial charge is 0.229 e. The van der Waals surface area contributed by atoms with Gasteiger partial charge in [-0.2, -0.15) is 5.26 Å². The third-order valence-corrected chi connectivity index (χ3v) is 5.53. The fraction of sp³-hybridized carbons (Fsp3) is 0.375. The molecular formula is C24H27N3O3. The maximum absolute atomic E-state index is 13.2. The average Bonchev–Trinajstić information content (AvgIpc) is 2.78. The van der Waals surface area contributed by atoms with Crippen LogP contribution in [0.15, 0.2) is 48.5 Å². The molecule has 1 aliphatic heterocycles. The van der Waals surface area contributed by atoms with E-state index in [0.717, 1.165) is 24.2 Å². The van der Waals surface area contributed by atoms with Crippen LogP contribution in [0.4, 0.5) is 5.69 Å². The molecule has 0 radical (unpaired) electrons. The quantitative estimate of drug-likeness (QED) is 0.745. The molecule has 3 rings (SSSR count). The van der Waals surface area contributed by atoms with Crippen molar-refractivity contribution in [3.05, 3.63) is 59.7 Å². The van der Waals surface area contributed by atoms with E-state index in [1.165, 1.54) is 0 Å². The highest BCUT2D eigenvalue weighted by Gasteiger charge is 2.40. The summed E-state index contributed by atoms with van der Waals surface area (Å²) < 4.78 is 5.26. The topological polar surface area (TPSA) is 82.4 Å². The number of nitriles is 1. The van der Waals surface area contributed by atoms with Gasteiger partial charge < -0.3 is 15.0 Å². The minimum Gasteiger partial charge on any atom is -0.497 e. The van der Waals surface area contributed by atoms with Gasteiger partial charge in [-0.25, -0.2) is 0 Å². The maximum Gasteiger partial charge on any atom is 0.229 e. The number of likely N-dealkylation sites (tertiary alicyclic amines) is 1. The molecule has 2 aromatic rings. The van der Waals surface area contributed by atoms with Crippen LogP contribution in [0.3, 0.4) is 0 Å². The van der Waals surface area contributed by atoms with Crippen LogP contribution in [0, 0.1) is 17.2 Å². The Morgan fingerprint density at radius 3 is 2.50 bits per heavy atom. The molecule has 30 heavy (non-hydrogen) atoms. The van der Waals surface area contributed by atoms with Crippen LogP contribution < -0.4 is 10.1 Å². The number of anilines is 1. The van der Waals surface area contributed by atoms with Crippen molar-refractivity contribution in [2.75, 3.05) is 19.0 Å². The highest BCUT2D eigenvalue weighted by atomic mass is 16.5. The first kappa shape index (κ1) is 21.4. The lowest BCUT2D eigenvalue weighted by molar-refractivity contribution is -0.142. The molecule has 1 heterocycles. The summed E-state index contributed by atoms with van der Waals surface area (Å²) in [5.41, 5.74) is 2.11. The van der Waals surface area contributed by atoms with Gasteiger partial charge in [-0.05, 0) is 54.8 Å². The Balaban J connectivity index is 1.88. The van der Waals surface area contributed by atoms with Crippen LogP contribution in [0.5, 0.6) is 5.75 Å². The number of piperidine rings is 1. The Morgan fingerprint density at radius 1 is 1.20 bits per heavy atom. The monoisotopic (exact) mass is 405 g/mol. The van der Waals surface area contributed by atoms with E-state index in [-0.39, 0.29) is 23.8 Å². The summed E-state index contributed by atoms with van der Waals surface area (Å²) in [5.74, 6) is 0.351. The predicted octanol–water partition coefficient (Wildman–Crippen LogP) is 4.29. The third kappa shape index (κ3) is 4.80. The van der Waals surface area contributed by atoms with Gasteiger partial charge in [-0.15, -0.1) is 0 Å². The normalized spacial score (nSPS) is 18.6. The van der Waals surface area contributed by atoms with E-state index in [1.807, 2.05) is 29.2 Å². The fourth-order valence-corrected chi connectivity index (χ4v) is 3.90.